The van der Waals surface area contributed by atoms with Gasteiger partial charge in [0, 0.05) is 12.0 Å². The van der Waals surface area contributed by atoms with Gasteiger partial charge in [-0.25, -0.2) is 4.79 Å². The molecule has 0 saturated carbocycles. The van der Waals surface area contributed by atoms with Crippen molar-refractivity contribution in [1.82, 2.24) is 0 Å². The highest BCUT2D eigenvalue weighted by Gasteiger charge is 2.66. The van der Waals surface area contributed by atoms with E-state index in [0.29, 0.717) is 13.0 Å². The van der Waals surface area contributed by atoms with E-state index in [1.54, 1.807) is 0 Å². The molecule has 3 aliphatic rings. The summed E-state index contributed by atoms with van der Waals surface area (Å²) in [7, 11) is 0. The number of ether oxygens (including phenoxy) is 5. The number of carbonyl (C=O) groups is 1. The molecule has 6 nitrogen and oxygen atoms in total. The fourth-order valence-electron chi connectivity index (χ4n) is 3.41. The Balaban J connectivity index is 1.79. The van der Waals surface area contributed by atoms with Crippen LogP contribution in [0.15, 0.2) is 0 Å². The lowest BCUT2D eigenvalue weighted by Gasteiger charge is -2.40. The van der Waals surface area contributed by atoms with Crippen LogP contribution in [0.1, 0.15) is 41.0 Å². The minimum Gasteiger partial charge on any atom is -0.454 e. The van der Waals surface area contributed by atoms with Gasteiger partial charge >= 0.3 is 5.97 Å². The summed E-state index contributed by atoms with van der Waals surface area (Å²) < 4.78 is 29.0. The van der Waals surface area contributed by atoms with Crippen molar-refractivity contribution in [2.75, 3.05) is 6.61 Å². The maximum atomic E-state index is 11.9. The zero-order chi connectivity index (χ0) is 15.4. The van der Waals surface area contributed by atoms with Crippen molar-refractivity contribution < 1.29 is 28.5 Å². The molecule has 3 saturated heterocycles. The average Bonchev–Trinajstić information content (AvgIpc) is 3.00. The van der Waals surface area contributed by atoms with Crippen LogP contribution in [-0.2, 0) is 28.5 Å². The first-order valence-electron chi connectivity index (χ1n) is 7.66. The lowest BCUT2D eigenvalue weighted by atomic mass is 9.83. The number of fused-ring (bicyclic) bond motifs is 3. The fourth-order valence-corrected chi connectivity index (χ4v) is 3.41. The van der Waals surface area contributed by atoms with E-state index >= 15 is 0 Å². The topological polar surface area (TPSA) is 63.2 Å². The molecule has 0 bridgehead atoms. The van der Waals surface area contributed by atoms with Crippen molar-refractivity contribution in [3.63, 3.8) is 0 Å². The smallest absolute Gasteiger partial charge is 0.338 e. The van der Waals surface area contributed by atoms with Gasteiger partial charge in [-0.2, -0.15) is 0 Å². The van der Waals surface area contributed by atoms with Crippen molar-refractivity contribution in [2.24, 2.45) is 5.41 Å². The fraction of sp³-hybridized carbons (Fsp3) is 0.933. The Labute approximate surface area is 125 Å². The van der Waals surface area contributed by atoms with Crippen molar-refractivity contribution in [3.8, 4) is 0 Å². The van der Waals surface area contributed by atoms with Crippen LogP contribution >= 0.6 is 0 Å². The summed E-state index contributed by atoms with van der Waals surface area (Å²) in [6, 6.07) is 0. The van der Waals surface area contributed by atoms with E-state index < -0.39 is 30.4 Å². The zero-order valence-electron chi connectivity index (χ0n) is 13.3. The average molecular weight is 300 g/mol. The molecule has 6 atom stereocenters. The quantitative estimate of drug-likeness (QED) is 0.738. The van der Waals surface area contributed by atoms with Gasteiger partial charge in [0.15, 0.2) is 30.4 Å². The summed E-state index contributed by atoms with van der Waals surface area (Å²) in [6.07, 6.45) is -1.76. The lowest BCUT2D eigenvalue weighted by molar-refractivity contribution is -0.278. The summed E-state index contributed by atoms with van der Waals surface area (Å²) in [5, 5.41) is 0. The molecule has 0 aromatic heterocycles. The van der Waals surface area contributed by atoms with Crippen LogP contribution in [0.5, 0.6) is 0 Å². The van der Waals surface area contributed by atoms with Gasteiger partial charge in [-0.1, -0.05) is 27.7 Å². The van der Waals surface area contributed by atoms with Crippen LogP contribution in [0.3, 0.4) is 0 Å². The maximum Gasteiger partial charge on any atom is 0.338 e. The van der Waals surface area contributed by atoms with Crippen molar-refractivity contribution in [2.45, 2.75) is 77.5 Å². The molecule has 0 N–H and O–H groups in total. The van der Waals surface area contributed by atoms with E-state index in [9.17, 15) is 4.79 Å². The Morgan fingerprint density at radius 1 is 1.14 bits per heavy atom. The third kappa shape index (κ3) is 2.11. The second-order valence-corrected chi connectivity index (χ2v) is 6.80. The minimum atomic E-state index is -0.719. The molecule has 120 valence electrons. The predicted octanol–water partition coefficient (Wildman–Crippen LogP) is 1.61. The molecule has 0 amide bonds. The molecular weight excluding hydrogens is 276 g/mol. The van der Waals surface area contributed by atoms with Gasteiger partial charge < -0.3 is 23.7 Å². The van der Waals surface area contributed by atoms with Crippen molar-refractivity contribution in [1.29, 1.82) is 0 Å². The maximum absolute atomic E-state index is 11.9. The highest BCUT2D eigenvalue weighted by molar-refractivity contribution is 5.78. The number of hydrogen-bond acceptors (Lipinski definition) is 6. The third-order valence-corrected chi connectivity index (χ3v) is 4.58. The molecular formula is C15H24O6. The van der Waals surface area contributed by atoms with E-state index in [2.05, 4.69) is 20.8 Å². The normalized spacial score (nSPS) is 45.6. The van der Waals surface area contributed by atoms with Crippen LogP contribution in [0, 0.1) is 5.41 Å². The number of esters is 1. The molecule has 0 aliphatic carbocycles. The molecule has 0 radical (unpaired) electrons. The molecule has 3 rings (SSSR count). The van der Waals surface area contributed by atoms with E-state index in [4.69, 9.17) is 23.7 Å². The van der Waals surface area contributed by atoms with Gasteiger partial charge in [0.25, 0.3) is 0 Å². The van der Waals surface area contributed by atoms with Crippen molar-refractivity contribution in [3.05, 3.63) is 0 Å². The Morgan fingerprint density at radius 3 is 2.43 bits per heavy atom. The number of rotatable bonds is 3. The van der Waals surface area contributed by atoms with E-state index in [0.717, 1.165) is 0 Å². The Hall–Kier alpha value is -0.690. The van der Waals surface area contributed by atoms with Gasteiger partial charge in [0.1, 0.15) is 6.10 Å². The predicted molar refractivity (Wildman–Crippen MR) is 72.4 cm³/mol. The second kappa shape index (κ2) is 4.91. The monoisotopic (exact) mass is 300 g/mol. The summed E-state index contributed by atoms with van der Waals surface area (Å²) in [6.45, 7) is 10.5. The molecule has 3 fully saturated rings. The Morgan fingerprint density at radius 2 is 1.86 bits per heavy atom. The molecule has 0 aromatic carbocycles. The van der Waals surface area contributed by atoms with Crippen LogP contribution < -0.4 is 0 Å². The number of hydrogen-bond donors (Lipinski definition) is 0. The summed E-state index contributed by atoms with van der Waals surface area (Å²) in [5.41, 5.74) is -0.202. The standard InChI is InChI=1S/C15H24O6/c1-6-15(14(3,4)5)20-11-9-8(19-13(11)21-15)10(17-7-2)12(16)18-9/h8-11,13H,6-7H2,1-5H3. The van der Waals surface area contributed by atoms with Gasteiger partial charge in [-0.15, -0.1) is 0 Å². The molecule has 0 spiro atoms. The molecule has 6 heteroatoms. The van der Waals surface area contributed by atoms with Crippen molar-refractivity contribution >= 4 is 5.97 Å². The lowest BCUT2D eigenvalue weighted by Crippen LogP contribution is -2.46. The largest absolute Gasteiger partial charge is 0.454 e. The van der Waals surface area contributed by atoms with Gasteiger partial charge in [-0.05, 0) is 13.3 Å². The Bertz CT molecular complexity index is 430. The van der Waals surface area contributed by atoms with Crippen LogP contribution in [-0.4, -0.2) is 49.1 Å². The summed E-state index contributed by atoms with van der Waals surface area (Å²) >= 11 is 0. The highest BCUT2D eigenvalue weighted by Crippen LogP contribution is 2.50. The summed E-state index contributed by atoms with van der Waals surface area (Å²) in [5.74, 6) is -1.10. The molecule has 3 aliphatic heterocycles. The summed E-state index contributed by atoms with van der Waals surface area (Å²) in [4.78, 5) is 11.9. The van der Waals surface area contributed by atoms with Crippen LogP contribution in [0.4, 0.5) is 0 Å². The van der Waals surface area contributed by atoms with Gasteiger partial charge in [-0.3, -0.25) is 0 Å². The van der Waals surface area contributed by atoms with Gasteiger partial charge in [0.05, 0.1) is 0 Å². The molecule has 21 heavy (non-hydrogen) atoms. The highest BCUT2D eigenvalue weighted by atomic mass is 16.9. The zero-order valence-corrected chi connectivity index (χ0v) is 13.3. The second-order valence-electron chi connectivity index (χ2n) is 6.80. The number of carbonyl (C=O) groups excluding carboxylic acids is 1. The van der Waals surface area contributed by atoms with Crippen LogP contribution in [0.25, 0.3) is 0 Å². The molecule has 3 heterocycles. The SMILES string of the molecule is CCOC1C(=O)OC2C3OC(CC)(C(C)(C)C)OC3OC12. The third-order valence-electron chi connectivity index (χ3n) is 4.58. The van der Waals surface area contributed by atoms with E-state index in [1.165, 1.54) is 0 Å². The molecule has 6 unspecified atom stereocenters. The molecule has 0 aromatic rings. The van der Waals surface area contributed by atoms with E-state index in [1.807, 2.05) is 13.8 Å². The Kier molecular flexibility index (Phi) is 3.56. The minimum absolute atomic E-state index is 0.202. The first kappa shape index (κ1) is 15.2. The first-order chi connectivity index (χ1) is 9.83. The first-order valence-corrected chi connectivity index (χ1v) is 7.66. The van der Waals surface area contributed by atoms with Gasteiger partial charge in [0.2, 0.25) is 0 Å². The van der Waals surface area contributed by atoms with E-state index in [-0.39, 0.29) is 17.5 Å². The van der Waals surface area contributed by atoms with Crippen LogP contribution in [0.2, 0.25) is 0 Å².